The Labute approximate surface area is 152 Å². The minimum atomic E-state index is -3.55. The van der Waals surface area contributed by atoms with Crippen molar-refractivity contribution in [3.8, 4) is 0 Å². The van der Waals surface area contributed by atoms with Crippen LogP contribution < -0.4 is 4.72 Å². The van der Waals surface area contributed by atoms with Gasteiger partial charge in [-0.1, -0.05) is 13.8 Å². The number of aromatic nitrogens is 3. The van der Waals surface area contributed by atoms with E-state index >= 15 is 0 Å². The van der Waals surface area contributed by atoms with E-state index in [2.05, 4.69) is 28.7 Å². The smallest absolute Gasteiger partial charge is 0.243 e. The van der Waals surface area contributed by atoms with Crippen molar-refractivity contribution in [1.29, 1.82) is 0 Å². The van der Waals surface area contributed by atoms with E-state index in [-0.39, 0.29) is 10.9 Å². The van der Waals surface area contributed by atoms with Crippen molar-refractivity contribution in [3.05, 3.63) is 28.5 Å². The Kier molecular flexibility index (Phi) is 5.88. The molecule has 7 nitrogen and oxygen atoms in total. The Bertz CT molecular complexity index is 792. The quantitative estimate of drug-likeness (QED) is 0.792. The maximum absolute atomic E-state index is 12.4. The van der Waals surface area contributed by atoms with Crippen LogP contribution in [-0.4, -0.2) is 42.9 Å². The molecular formula is C16H24N4O3S2. The van der Waals surface area contributed by atoms with E-state index in [0.717, 1.165) is 23.5 Å². The number of sulfonamides is 1. The lowest BCUT2D eigenvalue weighted by Crippen LogP contribution is -2.26. The highest BCUT2D eigenvalue weighted by Gasteiger charge is 2.21. The largest absolute Gasteiger partial charge is 0.381 e. The summed E-state index contributed by atoms with van der Waals surface area (Å²) < 4.78 is 34.6. The third-order valence-electron chi connectivity index (χ3n) is 4.19. The maximum Gasteiger partial charge on any atom is 0.243 e. The summed E-state index contributed by atoms with van der Waals surface area (Å²) in [5.74, 6) is 0.395. The second-order valence-corrected chi connectivity index (χ2v) is 9.14. The topological polar surface area (TPSA) is 86.1 Å². The fourth-order valence-electron chi connectivity index (χ4n) is 2.71. The molecule has 25 heavy (non-hydrogen) atoms. The lowest BCUT2D eigenvalue weighted by molar-refractivity contribution is 0.0662. The molecule has 9 heteroatoms. The van der Waals surface area contributed by atoms with Crippen molar-refractivity contribution >= 4 is 21.4 Å². The van der Waals surface area contributed by atoms with E-state index in [0.29, 0.717) is 32.1 Å². The summed E-state index contributed by atoms with van der Waals surface area (Å²) in [5.41, 5.74) is 0.925. The van der Waals surface area contributed by atoms with Crippen LogP contribution in [-0.2, 0) is 21.2 Å². The second kappa shape index (κ2) is 7.94. The molecule has 0 spiro atoms. The van der Waals surface area contributed by atoms with Crippen LogP contribution in [0.5, 0.6) is 0 Å². The number of nitrogens with zero attached hydrogens (tertiary/aromatic N) is 3. The van der Waals surface area contributed by atoms with Gasteiger partial charge in [0, 0.05) is 43.7 Å². The molecule has 0 aliphatic carbocycles. The molecule has 1 saturated heterocycles. The van der Waals surface area contributed by atoms with Crippen molar-refractivity contribution in [3.63, 3.8) is 0 Å². The SMILES string of the molecule is CC(C)c1nc(CCNS(=O)(=O)c2cnn(C3CCOCC3)c2)cs1. The first-order valence-corrected chi connectivity index (χ1v) is 10.9. The van der Waals surface area contributed by atoms with Gasteiger partial charge in [0.2, 0.25) is 10.0 Å². The van der Waals surface area contributed by atoms with E-state index in [1.54, 1.807) is 22.2 Å². The van der Waals surface area contributed by atoms with Gasteiger partial charge in [-0.05, 0) is 12.8 Å². The van der Waals surface area contributed by atoms with Crippen LogP contribution in [0.2, 0.25) is 0 Å². The predicted molar refractivity (Wildman–Crippen MR) is 96.4 cm³/mol. The Morgan fingerprint density at radius 1 is 1.40 bits per heavy atom. The standard InChI is InChI=1S/C16H24N4O3S2/c1-12(2)16-19-13(11-24-16)3-6-18-25(21,22)15-9-17-20(10-15)14-4-7-23-8-5-14/h9-12,14,18H,3-8H2,1-2H3. The zero-order valence-corrected chi connectivity index (χ0v) is 16.1. The first-order chi connectivity index (χ1) is 12.0. The fourth-order valence-corrected chi connectivity index (χ4v) is 4.55. The van der Waals surface area contributed by atoms with Crippen molar-refractivity contribution in [2.45, 2.75) is 50.0 Å². The minimum Gasteiger partial charge on any atom is -0.381 e. The minimum absolute atomic E-state index is 0.208. The summed E-state index contributed by atoms with van der Waals surface area (Å²) >= 11 is 1.62. The third kappa shape index (κ3) is 4.66. The first-order valence-electron chi connectivity index (χ1n) is 8.51. The highest BCUT2D eigenvalue weighted by Crippen LogP contribution is 2.22. The number of rotatable bonds is 7. The van der Waals surface area contributed by atoms with Gasteiger partial charge in [-0.15, -0.1) is 11.3 Å². The molecule has 0 unspecified atom stereocenters. The van der Waals surface area contributed by atoms with Crippen LogP contribution >= 0.6 is 11.3 Å². The molecule has 1 aliphatic rings. The van der Waals surface area contributed by atoms with Crippen molar-refractivity contribution < 1.29 is 13.2 Å². The second-order valence-electron chi connectivity index (χ2n) is 6.48. The number of hydrogen-bond donors (Lipinski definition) is 1. The van der Waals surface area contributed by atoms with Gasteiger partial charge in [0.05, 0.1) is 22.9 Å². The molecule has 0 bridgehead atoms. The average Bonchev–Trinajstić information content (AvgIpc) is 3.25. The van der Waals surface area contributed by atoms with E-state index in [1.165, 1.54) is 6.20 Å². The van der Waals surface area contributed by atoms with Gasteiger partial charge in [0.15, 0.2) is 0 Å². The van der Waals surface area contributed by atoms with Gasteiger partial charge in [-0.25, -0.2) is 18.1 Å². The van der Waals surface area contributed by atoms with E-state index in [1.807, 2.05) is 5.38 Å². The summed E-state index contributed by atoms with van der Waals surface area (Å²) in [4.78, 5) is 4.73. The molecule has 0 amide bonds. The Hall–Kier alpha value is -1.29. The zero-order valence-electron chi connectivity index (χ0n) is 14.5. The zero-order chi connectivity index (χ0) is 17.9. The molecule has 138 valence electrons. The molecule has 3 heterocycles. The lowest BCUT2D eigenvalue weighted by Gasteiger charge is -2.22. The number of ether oxygens (including phenoxy) is 1. The molecule has 3 rings (SSSR count). The molecular weight excluding hydrogens is 360 g/mol. The van der Waals surface area contributed by atoms with Crippen LogP contribution in [0.4, 0.5) is 0 Å². The summed E-state index contributed by atoms with van der Waals surface area (Å²) in [6, 6.07) is 0.210. The van der Waals surface area contributed by atoms with Crippen LogP contribution in [0, 0.1) is 0 Å². The molecule has 0 aromatic carbocycles. The van der Waals surface area contributed by atoms with Gasteiger partial charge < -0.3 is 4.74 Å². The third-order valence-corrected chi connectivity index (χ3v) is 6.80. The molecule has 1 aliphatic heterocycles. The van der Waals surface area contributed by atoms with Crippen molar-refractivity contribution in [1.82, 2.24) is 19.5 Å². The Balaban J connectivity index is 1.57. The Morgan fingerprint density at radius 2 is 2.16 bits per heavy atom. The molecule has 2 aromatic rings. The van der Waals surface area contributed by atoms with Crippen LogP contribution in [0.25, 0.3) is 0 Å². The summed E-state index contributed by atoms with van der Waals surface area (Å²) in [7, 11) is -3.55. The fraction of sp³-hybridized carbons (Fsp3) is 0.625. The van der Waals surface area contributed by atoms with Gasteiger partial charge in [-0.2, -0.15) is 5.10 Å². The molecule has 0 atom stereocenters. The van der Waals surface area contributed by atoms with Crippen LogP contribution in [0.1, 0.15) is 49.4 Å². The van der Waals surface area contributed by atoms with E-state index < -0.39 is 10.0 Å². The monoisotopic (exact) mass is 384 g/mol. The highest BCUT2D eigenvalue weighted by molar-refractivity contribution is 7.89. The summed E-state index contributed by atoms with van der Waals surface area (Å²) in [6.07, 6.45) is 5.32. The number of hydrogen-bond acceptors (Lipinski definition) is 6. The van der Waals surface area contributed by atoms with Gasteiger partial charge in [-0.3, -0.25) is 4.68 Å². The van der Waals surface area contributed by atoms with E-state index in [9.17, 15) is 8.42 Å². The molecule has 1 fully saturated rings. The average molecular weight is 385 g/mol. The highest BCUT2D eigenvalue weighted by atomic mass is 32.2. The van der Waals surface area contributed by atoms with Gasteiger partial charge >= 0.3 is 0 Å². The summed E-state index contributed by atoms with van der Waals surface area (Å²) in [6.45, 7) is 5.91. The normalized spacial score (nSPS) is 16.6. The van der Waals surface area contributed by atoms with Gasteiger partial charge in [0.25, 0.3) is 0 Å². The first kappa shape index (κ1) is 18.5. The Morgan fingerprint density at radius 3 is 2.84 bits per heavy atom. The van der Waals surface area contributed by atoms with Gasteiger partial charge in [0.1, 0.15) is 4.90 Å². The van der Waals surface area contributed by atoms with Crippen molar-refractivity contribution in [2.24, 2.45) is 0 Å². The number of nitrogens with one attached hydrogen (secondary N) is 1. The van der Waals surface area contributed by atoms with Crippen molar-refractivity contribution in [2.75, 3.05) is 19.8 Å². The molecule has 1 N–H and O–H groups in total. The molecule has 0 radical (unpaired) electrons. The molecule has 2 aromatic heterocycles. The predicted octanol–water partition coefficient (Wildman–Crippen LogP) is 2.34. The molecule has 0 saturated carbocycles. The maximum atomic E-state index is 12.4. The van der Waals surface area contributed by atoms with Crippen LogP contribution in [0.3, 0.4) is 0 Å². The van der Waals surface area contributed by atoms with E-state index in [4.69, 9.17) is 4.74 Å². The lowest BCUT2D eigenvalue weighted by atomic mass is 10.1. The summed E-state index contributed by atoms with van der Waals surface area (Å²) in [5, 5.41) is 7.30. The van der Waals surface area contributed by atoms with Crippen LogP contribution in [0.15, 0.2) is 22.7 Å². The number of thiazole rings is 1.